The molecule has 0 aliphatic carbocycles. The molecule has 0 aliphatic heterocycles. The van der Waals surface area contributed by atoms with Crippen LogP contribution < -0.4 is 18.9 Å². The van der Waals surface area contributed by atoms with E-state index < -0.39 is 60.8 Å². The molecule has 266 valence electrons. The molecule has 0 radical (unpaired) electrons. The van der Waals surface area contributed by atoms with Crippen LogP contribution >= 0.6 is 11.8 Å². The van der Waals surface area contributed by atoms with Crippen molar-refractivity contribution >= 4 is 57.7 Å². The van der Waals surface area contributed by atoms with Crippen molar-refractivity contribution in [2.45, 2.75) is 110 Å². The van der Waals surface area contributed by atoms with Crippen molar-refractivity contribution in [2.24, 2.45) is 0 Å². The molecule has 0 fully saturated rings. The average molecular weight is 794 g/mol. The molecular weight excluding hydrogens is 739 g/mol. The van der Waals surface area contributed by atoms with E-state index in [0.717, 1.165) is 11.1 Å². The molecule has 0 spiro atoms. The maximum atomic E-state index is 13.2. The van der Waals surface area contributed by atoms with Gasteiger partial charge in [-0.1, -0.05) is 12.1 Å². The van der Waals surface area contributed by atoms with Gasteiger partial charge >= 0.3 is 221 Å². The molecule has 0 bridgehead atoms. The zero-order chi connectivity index (χ0) is 35.4. The van der Waals surface area contributed by atoms with Crippen LogP contribution in [0.2, 0.25) is 13.3 Å². The number of esters is 1. The van der Waals surface area contributed by atoms with Crippen LogP contribution in [0.3, 0.4) is 0 Å². The Kier molecular flexibility index (Phi) is 19.5. The third-order valence-electron chi connectivity index (χ3n) is 8.53. The number of unbranched alkanes of at least 4 members (excludes halogenated alkanes) is 3. The van der Waals surface area contributed by atoms with Gasteiger partial charge in [0.1, 0.15) is 5.75 Å². The molecule has 2 atom stereocenters. The quantitative estimate of drug-likeness (QED) is 0.0672. The first-order valence-electron chi connectivity index (χ1n) is 17.1. The van der Waals surface area contributed by atoms with Crippen molar-refractivity contribution in [1.29, 1.82) is 0 Å². The van der Waals surface area contributed by atoms with E-state index in [0.29, 0.717) is 11.5 Å². The van der Waals surface area contributed by atoms with Crippen LogP contribution in [0.15, 0.2) is 48.5 Å². The molecule has 2 amide bonds. The van der Waals surface area contributed by atoms with Gasteiger partial charge in [0.05, 0.1) is 7.11 Å². The Hall–Kier alpha value is -2.93. The summed E-state index contributed by atoms with van der Waals surface area (Å²) in [5, 5.41) is 23.2. The fourth-order valence-electron chi connectivity index (χ4n) is 5.63. The first-order chi connectivity index (χ1) is 23.1. The number of thioether (sulfide) groups is 1. The average Bonchev–Trinajstić information content (AvgIpc) is 3.08. The fourth-order valence-corrected chi connectivity index (χ4v) is 22.6. The van der Waals surface area contributed by atoms with Gasteiger partial charge in [-0.15, -0.1) is 0 Å². The molecule has 2 rings (SSSR count). The number of carbonyl (C=O) groups excluding carboxylic acids is 2. The zero-order valence-electron chi connectivity index (χ0n) is 28.9. The summed E-state index contributed by atoms with van der Waals surface area (Å²) in [7, 11) is 1.56. The SMILES string of the molecule is CCC[CH2][Sn]([CH2]CCC)([CH2]CCC)[c]1ccc(CSC[C@H](NC(=O)NC(CCC(=O)O)C(=O)O)C(=O)OCc2ccc(OC)cc2)cc1. The van der Waals surface area contributed by atoms with E-state index in [2.05, 4.69) is 55.7 Å². The van der Waals surface area contributed by atoms with E-state index in [-0.39, 0.29) is 18.8 Å². The third kappa shape index (κ3) is 14.7. The van der Waals surface area contributed by atoms with Gasteiger partial charge in [-0.2, -0.15) is 0 Å². The monoisotopic (exact) mass is 794 g/mol. The molecule has 0 heterocycles. The van der Waals surface area contributed by atoms with Crippen LogP contribution in [-0.4, -0.2) is 77.5 Å². The van der Waals surface area contributed by atoms with Gasteiger partial charge in [0.15, 0.2) is 0 Å². The Morgan fingerprint density at radius 3 is 1.83 bits per heavy atom. The van der Waals surface area contributed by atoms with Crippen molar-refractivity contribution in [3.05, 3.63) is 59.7 Å². The number of carboxylic acids is 2. The molecule has 2 aromatic carbocycles. The third-order valence-corrected chi connectivity index (χ3v) is 25.3. The number of carboxylic acid groups (broad SMARTS) is 2. The number of nitrogens with one attached hydrogen (secondary N) is 2. The summed E-state index contributed by atoms with van der Waals surface area (Å²) in [5.74, 6) is -1.73. The number of benzene rings is 2. The number of amides is 2. The van der Waals surface area contributed by atoms with Crippen LogP contribution in [0, 0.1) is 0 Å². The van der Waals surface area contributed by atoms with Crippen LogP contribution in [0.1, 0.15) is 83.3 Å². The van der Waals surface area contributed by atoms with Crippen molar-refractivity contribution < 1.29 is 38.9 Å². The molecule has 0 aliphatic rings. The number of carbonyl (C=O) groups is 4. The van der Waals surface area contributed by atoms with Gasteiger partial charge < -0.3 is 14.9 Å². The van der Waals surface area contributed by atoms with E-state index in [9.17, 15) is 24.3 Å². The molecular formula is C36H54N2O8SSn. The predicted octanol–water partition coefficient (Wildman–Crippen LogP) is 6.71. The minimum absolute atomic E-state index is 0.0210. The van der Waals surface area contributed by atoms with Crippen molar-refractivity contribution in [3.8, 4) is 5.75 Å². The Balaban J connectivity index is 2.14. The number of rotatable bonds is 24. The second kappa shape index (κ2) is 22.7. The topological polar surface area (TPSA) is 151 Å². The van der Waals surface area contributed by atoms with E-state index in [1.54, 1.807) is 35.0 Å². The minimum atomic E-state index is -2.54. The van der Waals surface area contributed by atoms with Gasteiger partial charge in [-0.25, -0.2) is 4.79 Å². The fraction of sp³-hybridized carbons (Fsp3) is 0.556. The number of ether oxygens (including phenoxy) is 2. The zero-order valence-corrected chi connectivity index (χ0v) is 32.6. The molecule has 2 aromatic rings. The Morgan fingerprint density at radius 2 is 1.33 bits per heavy atom. The normalized spacial score (nSPS) is 12.5. The summed E-state index contributed by atoms with van der Waals surface area (Å²) in [6.07, 6.45) is 6.83. The van der Waals surface area contributed by atoms with E-state index in [1.807, 2.05) is 0 Å². The number of urea groups is 1. The Morgan fingerprint density at radius 1 is 0.792 bits per heavy atom. The molecule has 0 aromatic heterocycles. The summed E-state index contributed by atoms with van der Waals surface area (Å²) >= 11 is -1.07. The summed E-state index contributed by atoms with van der Waals surface area (Å²) in [6.45, 7) is 6.82. The molecule has 10 nitrogen and oxygen atoms in total. The summed E-state index contributed by atoms with van der Waals surface area (Å²) < 4.78 is 16.5. The predicted molar refractivity (Wildman–Crippen MR) is 194 cm³/mol. The van der Waals surface area contributed by atoms with Gasteiger partial charge in [-0.05, 0) is 18.6 Å². The Labute approximate surface area is 294 Å². The van der Waals surface area contributed by atoms with Gasteiger partial charge in [0, 0.05) is 6.42 Å². The molecule has 12 heteroatoms. The first kappa shape index (κ1) is 41.2. The van der Waals surface area contributed by atoms with Gasteiger partial charge in [0.25, 0.3) is 0 Å². The molecule has 0 saturated heterocycles. The molecule has 0 saturated carbocycles. The van der Waals surface area contributed by atoms with Crippen LogP contribution in [0.25, 0.3) is 0 Å². The first-order valence-corrected chi connectivity index (χ1v) is 25.7. The second-order valence-electron chi connectivity index (χ2n) is 12.3. The standard InChI is InChI=1S/C24H27N2O8S.3C4H9.Sn/c1-33-18-9-7-16(8-10-18)13-34-23(31)20(15-35-14-17-5-3-2-4-6-17)26-24(32)25-19(22(29)30)11-12-21(27)28;3*1-3-4-2;/h3-10,19-20H,11-15H2,1H3,(H,27,28)(H,29,30)(H2,25,26,32);3*1,3-4H2,2H3;/t19?,20-;;;;/m0..../s1. The van der Waals surface area contributed by atoms with Crippen LogP contribution in [0.5, 0.6) is 5.75 Å². The molecule has 1 unspecified atom stereocenters. The number of aliphatic carboxylic acids is 2. The second-order valence-corrected chi connectivity index (χ2v) is 26.5. The summed E-state index contributed by atoms with van der Waals surface area (Å²) in [5.41, 5.74) is 1.86. The Bertz CT molecular complexity index is 1250. The van der Waals surface area contributed by atoms with E-state index >= 15 is 0 Å². The van der Waals surface area contributed by atoms with Crippen LogP contribution in [-0.2, 0) is 31.5 Å². The number of methoxy groups -OCH3 is 1. The van der Waals surface area contributed by atoms with Crippen LogP contribution in [0.4, 0.5) is 4.79 Å². The summed E-state index contributed by atoms with van der Waals surface area (Å²) in [4.78, 5) is 48.5. The number of hydrogen-bond donors (Lipinski definition) is 4. The molecule has 48 heavy (non-hydrogen) atoms. The van der Waals surface area contributed by atoms with E-state index in [4.69, 9.17) is 14.6 Å². The van der Waals surface area contributed by atoms with E-state index in [1.165, 1.54) is 63.6 Å². The van der Waals surface area contributed by atoms with Gasteiger partial charge in [-0.3, -0.25) is 4.79 Å². The molecule has 4 N–H and O–H groups in total. The summed E-state index contributed by atoms with van der Waals surface area (Å²) in [6, 6.07) is 12.8. The van der Waals surface area contributed by atoms with Crippen molar-refractivity contribution in [2.75, 3.05) is 12.9 Å². The van der Waals surface area contributed by atoms with Crippen molar-refractivity contribution in [3.63, 3.8) is 0 Å². The number of hydrogen-bond acceptors (Lipinski definition) is 7. The van der Waals surface area contributed by atoms with Gasteiger partial charge in [0.2, 0.25) is 0 Å². The maximum absolute atomic E-state index is 13.2. The van der Waals surface area contributed by atoms with Crippen molar-refractivity contribution in [1.82, 2.24) is 10.6 Å².